The highest BCUT2D eigenvalue weighted by Crippen LogP contribution is 2.02. The van der Waals surface area contributed by atoms with Gasteiger partial charge in [0.25, 0.3) is 0 Å². The summed E-state index contributed by atoms with van der Waals surface area (Å²) < 4.78 is 17.9. The Labute approximate surface area is 237 Å². The Morgan fingerprint density at radius 1 is 0.475 bits per heavy atom. The number of rotatable bonds is 12. The fourth-order valence-electron chi connectivity index (χ4n) is 2.12. The third-order valence-corrected chi connectivity index (χ3v) is 5.27. The molecule has 0 aliphatic heterocycles. The summed E-state index contributed by atoms with van der Waals surface area (Å²) in [5, 5.41) is 0. The van der Waals surface area contributed by atoms with E-state index in [1.807, 2.05) is 0 Å². The fraction of sp³-hybridized carbons (Fsp3) is 0.714. The first-order valence-corrected chi connectivity index (χ1v) is 13.0. The number of carbonyl (C=O) groups excluding carboxylic acids is 8. The number of hydrogen-bond acceptors (Lipinski definition) is 12. The molecule has 0 spiro atoms. The molecule has 0 aliphatic rings. The molecule has 0 bridgehead atoms. The zero-order valence-corrected chi connectivity index (χ0v) is 26.0. The number of methoxy groups -OCH3 is 2. The summed E-state index contributed by atoms with van der Waals surface area (Å²) in [5.41, 5.74) is 0. The number of carbonyl (C=O) groups is 8. The molecule has 0 fully saturated rings. The van der Waals surface area contributed by atoms with Crippen molar-refractivity contribution in [1.82, 2.24) is 0 Å². The van der Waals surface area contributed by atoms with E-state index in [0.29, 0.717) is 19.4 Å². The van der Waals surface area contributed by atoms with Crippen LogP contribution in [0, 0.1) is 23.7 Å². The van der Waals surface area contributed by atoms with E-state index in [2.05, 4.69) is 18.9 Å². The number of ether oxygens (including phenoxy) is 4. The number of Topliss-reactive ketones (excluding diaryl/α,β-unsaturated/α-hetero) is 4. The zero-order valence-electron chi connectivity index (χ0n) is 26.0. The molecule has 12 nitrogen and oxygen atoms in total. The van der Waals surface area contributed by atoms with Crippen LogP contribution in [0.2, 0.25) is 0 Å². The highest BCUT2D eigenvalue weighted by molar-refractivity contribution is 6.00. The molecule has 0 rings (SSSR count). The smallest absolute Gasteiger partial charge is 0.320 e. The Bertz CT molecular complexity index is 815. The lowest BCUT2D eigenvalue weighted by atomic mass is 10.0. The van der Waals surface area contributed by atoms with Crippen molar-refractivity contribution in [2.24, 2.45) is 23.7 Å². The van der Waals surface area contributed by atoms with Crippen LogP contribution in [-0.4, -0.2) is 74.4 Å². The average Bonchev–Trinajstić information content (AvgIpc) is 2.94. The summed E-state index contributed by atoms with van der Waals surface area (Å²) in [4.78, 5) is 85.6. The van der Waals surface area contributed by atoms with E-state index in [0.717, 1.165) is 0 Å². The van der Waals surface area contributed by atoms with Crippen LogP contribution in [0.1, 0.15) is 82.1 Å². The first-order valence-electron chi connectivity index (χ1n) is 13.0. The maximum absolute atomic E-state index is 10.8. The average molecular weight is 577 g/mol. The summed E-state index contributed by atoms with van der Waals surface area (Å²) in [7, 11) is 2.51. The summed E-state index contributed by atoms with van der Waals surface area (Å²) in [6.07, 6.45) is 0.844. The molecule has 0 saturated heterocycles. The van der Waals surface area contributed by atoms with Gasteiger partial charge in [-0.25, -0.2) is 0 Å². The molecule has 4 atom stereocenters. The molecule has 0 aromatic carbocycles. The Morgan fingerprint density at radius 3 is 1.02 bits per heavy atom. The van der Waals surface area contributed by atoms with Crippen LogP contribution in [-0.2, 0) is 57.3 Å². The van der Waals surface area contributed by atoms with E-state index in [-0.39, 0.29) is 29.7 Å². The van der Waals surface area contributed by atoms with Gasteiger partial charge < -0.3 is 18.9 Å². The van der Waals surface area contributed by atoms with Gasteiger partial charge in [0, 0.05) is 12.8 Å². The van der Waals surface area contributed by atoms with E-state index < -0.39 is 47.5 Å². The summed E-state index contributed by atoms with van der Waals surface area (Å²) in [6, 6.07) is 0. The summed E-state index contributed by atoms with van der Waals surface area (Å²) >= 11 is 0. The summed E-state index contributed by atoms with van der Waals surface area (Å²) in [5.74, 6) is -4.66. The van der Waals surface area contributed by atoms with Gasteiger partial charge in [0.05, 0.1) is 33.4 Å². The van der Waals surface area contributed by atoms with Gasteiger partial charge in [0.2, 0.25) is 0 Å². The second-order valence-electron chi connectivity index (χ2n) is 8.30. The Kier molecular flexibility index (Phi) is 28.1. The predicted molar refractivity (Wildman–Crippen MR) is 146 cm³/mol. The lowest BCUT2D eigenvalue weighted by Crippen LogP contribution is -2.24. The standard InChI is InChI=1S/C7H12O4.2C7H12O3.C7H12O2/c1-4-11-7(9)5(2)6(8)10-3;1-4-6(8)5(2)7(9)10-3;1-4-10-7(9)5(2)6(3)8;1-4-7(9)5(2)6(3)8/h5H,4H2,1-3H3;2*5H,4H2,1-3H3;5H,4H2,1-3H3. The van der Waals surface area contributed by atoms with Gasteiger partial charge in [-0.1, -0.05) is 13.8 Å². The third-order valence-electron chi connectivity index (χ3n) is 5.27. The van der Waals surface area contributed by atoms with Gasteiger partial charge >= 0.3 is 23.9 Å². The van der Waals surface area contributed by atoms with Gasteiger partial charge in [-0.15, -0.1) is 0 Å². The van der Waals surface area contributed by atoms with Crippen molar-refractivity contribution < 1.29 is 57.3 Å². The van der Waals surface area contributed by atoms with Crippen LogP contribution < -0.4 is 0 Å². The van der Waals surface area contributed by atoms with Crippen molar-refractivity contribution in [2.45, 2.75) is 82.1 Å². The molecule has 0 aromatic heterocycles. The molecule has 0 radical (unpaired) electrons. The lowest BCUT2D eigenvalue weighted by molar-refractivity contribution is -0.159. The Morgan fingerprint density at radius 2 is 0.775 bits per heavy atom. The highest BCUT2D eigenvalue weighted by atomic mass is 16.6. The van der Waals surface area contributed by atoms with Crippen LogP contribution >= 0.6 is 0 Å². The molecule has 0 saturated carbocycles. The Hall–Kier alpha value is -3.44. The van der Waals surface area contributed by atoms with Gasteiger partial charge in [0.15, 0.2) is 5.92 Å². The van der Waals surface area contributed by atoms with Gasteiger partial charge in [-0.3, -0.25) is 38.4 Å². The molecule has 12 heteroatoms. The largest absolute Gasteiger partial charge is 0.468 e. The van der Waals surface area contributed by atoms with E-state index in [4.69, 9.17) is 0 Å². The number of esters is 4. The van der Waals surface area contributed by atoms with E-state index in [1.54, 1.807) is 48.5 Å². The van der Waals surface area contributed by atoms with Gasteiger partial charge in [0.1, 0.15) is 35.0 Å². The van der Waals surface area contributed by atoms with Crippen LogP contribution in [0.5, 0.6) is 0 Å². The fourth-order valence-corrected chi connectivity index (χ4v) is 2.12. The van der Waals surface area contributed by atoms with Gasteiger partial charge in [-0.05, 0) is 55.4 Å². The maximum Gasteiger partial charge on any atom is 0.320 e. The van der Waals surface area contributed by atoms with Crippen LogP contribution in [0.4, 0.5) is 0 Å². The molecule has 0 aliphatic carbocycles. The molecule has 0 aromatic rings. The van der Waals surface area contributed by atoms with Crippen LogP contribution in [0.25, 0.3) is 0 Å². The second-order valence-corrected chi connectivity index (χ2v) is 8.30. The van der Waals surface area contributed by atoms with E-state index in [9.17, 15) is 38.4 Å². The SMILES string of the molecule is CCC(=O)C(C)C(=O)OC.CCC(=O)C(C)C(C)=O.CCOC(=O)C(C)C(=O)OC.CCOC(=O)C(C)C(C)=O. The van der Waals surface area contributed by atoms with Crippen molar-refractivity contribution in [3.8, 4) is 0 Å². The van der Waals surface area contributed by atoms with E-state index >= 15 is 0 Å². The molecular weight excluding hydrogens is 528 g/mol. The lowest BCUT2D eigenvalue weighted by Gasteiger charge is -2.06. The van der Waals surface area contributed by atoms with Crippen molar-refractivity contribution >= 4 is 47.0 Å². The molecule has 0 N–H and O–H groups in total. The molecule has 4 unspecified atom stereocenters. The number of ketones is 4. The Balaban J connectivity index is -0.000000217. The predicted octanol–water partition coefficient (Wildman–Crippen LogP) is 3.10. The molecule has 40 heavy (non-hydrogen) atoms. The summed E-state index contributed by atoms with van der Waals surface area (Å²) in [6.45, 7) is 16.5. The molecular formula is C28H48O12. The molecule has 0 amide bonds. The monoisotopic (exact) mass is 576 g/mol. The second kappa shape index (κ2) is 25.8. The minimum absolute atomic E-state index is 0.0301. The normalized spacial score (nSPS) is 12.3. The van der Waals surface area contributed by atoms with Crippen molar-refractivity contribution in [1.29, 1.82) is 0 Å². The van der Waals surface area contributed by atoms with Crippen molar-refractivity contribution in [2.75, 3.05) is 27.4 Å². The third kappa shape index (κ3) is 21.5. The minimum atomic E-state index is -0.819. The topological polar surface area (TPSA) is 173 Å². The van der Waals surface area contributed by atoms with Crippen molar-refractivity contribution in [3.63, 3.8) is 0 Å². The maximum atomic E-state index is 10.8. The zero-order chi connectivity index (χ0) is 32.6. The molecule has 232 valence electrons. The quantitative estimate of drug-likeness (QED) is 0.189. The number of hydrogen-bond donors (Lipinski definition) is 0. The van der Waals surface area contributed by atoms with E-state index in [1.165, 1.54) is 35.0 Å². The van der Waals surface area contributed by atoms with Gasteiger partial charge in [-0.2, -0.15) is 0 Å². The minimum Gasteiger partial charge on any atom is -0.468 e. The first kappa shape index (κ1) is 43.6. The van der Waals surface area contributed by atoms with Crippen molar-refractivity contribution in [3.05, 3.63) is 0 Å². The highest BCUT2D eigenvalue weighted by Gasteiger charge is 2.23. The van der Waals surface area contributed by atoms with Crippen LogP contribution in [0.3, 0.4) is 0 Å². The molecule has 0 heterocycles. The van der Waals surface area contributed by atoms with Crippen LogP contribution in [0.15, 0.2) is 0 Å². The first-order chi connectivity index (χ1) is 18.4.